The third kappa shape index (κ3) is 4.49. The molecule has 0 aliphatic carbocycles. The van der Waals surface area contributed by atoms with Gasteiger partial charge in [0, 0.05) is 24.0 Å². The Hall–Kier alpha value is -3.67. The summed E-state index contributed by atoms with van der Waals surface area (Å²) in [7, 11) is 0. The predicted molar refractivity (Wildman–Crippen MR) is 116 cm³/mol. The summed E-state index contributed by atoms with van der Waals surface area (Å²) < 4.78 is 3.77. The lowest BCUT2D eigenvalue weighted by Crippen LogP contribution is -2.23. The fraction of sp³-hybridized carbons (Fsp3) is 0.208. The number of hydrogen-bond donors (Lipinski definition) is 1. The van der Waals surface area contributed by atoms with Crippen LogP contribution in [0.5, 0.6) is 0 Å². The van der Waals surface area contributed by atoms with E-state index in [2.05, 4.69) is 27.6 Å². The van der Waals surface area contributed by atoms with Crippen molar-refractivity contribution >= 4 is 5.91 Å². The molecule has 4 aromatic rings. The highest BCUT2D eigenvalue weighted by atomic mass is 16.1. The number of carbonyl (C=O) groups excluding carboxylic acids is 1. The standard InChI is InChI=1S/C24H25N5O/c1-18-23(19(2)29(27-18)16-21-11-7-4-8-12-21)14-25-24(30)22-13-26-28(17-22)15-20-9-5-3-6-10-20/h3-13,17H,14-16H2,1-2H3,(H,25,30). The molecule has 0 atom stereocenters. The maximum atomic E-state index is 12.6. The lowest BCUT2D eigenvalue weighted by Gasteiger charge is -2.07. The van der Waals surface area contributed by atoms with Crippen LogP contribution in [0.2, 0.25) is 0 Å². The average Bonchev–Trinajstić information content (AvgIpc) is 3.33. The van der Waals surface area contributed by atoms with E-state index >= 15 is 0 Å². The van der Waals surface area contributed by atoms with Gasteiger partial charge in [0.2, 0.25) is 0 Å². The van der Waals surface area contributed by atoms with Gasteiger partial charge in [-0.05, 0) is 25.0 Å². The van der Waals surface area contributed by atoms with E-state index in [1.54, 1.807) is 17.1 Å². The van der Waals surface area contributed by atoms with E-state index in [1.165, 1.54) is 5.56 Å². The van der Waals surface area contributed by atoms with Crippen LogP contribution in [0.15, 0.2) is 73.1 Å². The van der Waals surface area contributed by atoms with Crippen molar-refractivity contribution in [3.8, 4) is 0 Å². The van der Waals surface area contributed by atoms with Gasteiger partial charge in [-0.2, -0.15) is 10.2 Å². The smallest absolute Gasteiger partial charge is 0.254 e. The first-order valence-corrected chi connectivity index (χ1v) is 10.0. The van der Waals surface area contributed by atoms with Crippen molar-refractivity contribution in [3.63, 3.8) is 0 Å². The number of hydrogen-bond acceptors (Lipinski definition) is 3. The quantitative estimate of drug-likeness (QED) is 0.515. The molecule has 152 valence electrons. The van der Waals surface area contributed by atoms with Crippen LogP contribution in [0.25, 0.3) is 0 Å². The Morgan fingerprint density at radius 1 is 0.933 bits per heavy atom. The van der Waals surface area contributed by atoms with Gasteiger partial charge in [-0.1, -0.05) is 60.7 Å². The second-order valence-electron chi connectivity index (χ2n) is 7.39. The van der Waals surface area contributed by atoms with Gasteiger partial charge in [0.25, 0.3) is 5.91 Å². The monoisotopic (exact) mass is 399 g/mol. The second kappa shape index (κ2) is 8.78. The van der Waals surface area contributed by atoms with E-state index in [9.17, 15) is 4.79 Å². The molecule has 6 heteroatoms. The summed E-state index contributed by atoms with van der Waals surface area (Å²) in [5, 5.41) is 12.0. The van der Waals surface area contributed by atoms with Crippen molar-refractivity contribution in [2.75, 3.05) is 0 Å². The topological polar surface area (TPSA) is 64.7 Å². The molecule has 0 saturated carbocycles. The Kier molecular flexibility index (Phi) is 5.75. The number of benzene rings is 2. The number of amides is 1. The zero-order valence-electron chi connectivity index (χ0n) is 17.2. The predicted octanol–water partition coefficient (Wildman–Crippen LogP) is 3.72. The highest BCUT2D eigenvalue weighted by Crippen LogP contribution is 2.15. The van der Waals surface area contributed by atoms with Gasteiger partial charge in [0.05, 0.1) is 30.5 Å². The van der Waals surface area contributed by atoms with Gasteiger partial charge in [-0.25, -0.2) is 0 Å². The third-order valence-corrected chi connectivity index (χ3v) is 5.22. The van der Waals surface area contributed by atoms with Gasteiger partial charge in [0.15, 0.2) is 0 Å². The molecular weight excluding hydrogens is 374 g/mol. The Bertz CT molecular complexity index is 1130. The van der Waals surface area contributed by atoms with Crippen LogP contribution in [-0.4, -0.2) is 25.5 Å². The molecule has 0 aliphatic rings. The van der Waals surface area contributed by atoms with Crippen LogP contribution >= 0.6 is 0 Å². The molecule has 0 bridgehead atoms. The summed E-state index contributed by atoms with van der Waals surface area (Å²) in [4.78, 5) is 12.6. The summed E-state index contributed by atoms with van der Waals surface area (Å²) in [5.41, 5.74) is 5.95. The highest BCUT2D eigenvalue weighted by molar-refractivity contribution is 5.93. The molecule has 0 saturated heterocycles. The van der Waals surface area contributed by atoms with Crippen molar-refractivity contribution in [2.45, 2.75) is 33.5 Å². The molecule has 1 amide bonds. The van der Waals surface area contributed by atoms with E-state index in [0.717, 1.165) is 22.5 Å². The highest BCUT2D eigenvalue weighted by Gasteiger charge is 2.14. The SMILES string of the molecule is Cc1nn(Cc2ccccc2)c(C)c1CNC(=O)c1cnn(Cc2ccccc2)c1. The number of aryl methyl sites for hydroxylation is 1. The van der Waals surface area contributed by atoms with Crippen LogP contribution < -0.4 is 5.32 Å². The molecular formula is C24H25N5O. The van der Waals surface area contributed by atoms with Crippen LogP contribution in [0.1, 0.15) is 38.4 Å². The molecule has 6 nitrogen and oxygen atoms in total. The lowest BCUT2D eigenvalue weighted by atomic mass is 10.2. The minimum absolute atomic E-state index is 0.135. The molecule has 0 fully saturated rings. The fourth-order valence-corrected chi connectivity index (χ4v) is 3.51. The Morgan fingerprint density at radius 3 is 2.23 bits per heavy atom. The van der Waals surface area contributed by atoms with E-state index < -0.39 is 0 Å². The van der Waals surface area contributed by atoms with Crippen molar-refractivity contribution < 1.29 is 4.79 Å². The summed E-state index contributed by atoms with van der Waals surface area (Å²) in [6.45, 7) is 5.82. The third-order valence-electron chi connectivity index (χ3n) is 5.22. The van der Waals surface area contributed by atoms with E-state index in [4.69, 9.17) is 0 Å². The molecule has 0 spiro atoms. The molecule has 2 aromatic carbocycles. The first kappa shape index (κ1) is 19.6. The normalized spacial score (nSPS) is 10.9. The molecule has 1 N–H and O–H groups in total. The van der Waals surface area contributed by atoms with Crippen molar-refractivity contribution in [1.29, 1.82) is 0 Å². The summed E-state index contributed by atoms with van der Waals surface area (Å²) in [6.07, 6.45) is 3.39. The average molecular weight is 399 g/mol. The molecule has 0 radical (unpaired) electrons. The summed E-state index contributed by atoms with van der Waals surface area (Å²) in [6, 6.07) is 20.3. The zero-order valence-corrected chi connectivity index (χ0v) is 17.2. The minimum Gasteiger partial charge on any atom is -0.348 e. The molecule has 4 rings (SSSR count). The van der Waals surface area contributed by atoms with Crippen molar-refractivity contribution in [2.24, 2.45) is 0 Å². The van der Waals surface area contributed by atoms with Gasteiger partial charge in [-0.15, -0.1) is 0 Å². The van der Waals surface area contributed by atoms with Crippen LogP contribution in [0, 0.1) is 13.8 Å². The van der Waals surface area contributed by atoms with E-state index in [1.807, 2.05) is 67.1 Å². The van der Waals surface area contributed by atoms with Crippen molar-refractivity contribution in [1.82, 2.24) is 24.9 Å². The largest absolute Gasteiger partial charge is 0.348 e. The Labute approximate surface area is 176 Å². The van der Waals surface area contributed by atoms with E-state index in [-0.39, 0.29) is 5.91 Å². The summed E-state index contributed by atoms with van der Waals surface area (Å²) >= 11 is 0. The minimum atomic E-state index is -0.135. The number of aromatic nitrogens is 4. The summed E-state index contributed by atoms with van der Waals surface area (Å²) in [5.74, 6) is -0.135. The fourth-order valence-electron chi connectivity index (χ4n) is 3.51. The van der Waals surface area contributed by atoms with E-state index in [0.29, 0.717) is 25.2 Å². The maximum absolute atomic E-state index is 12.6. The number of rotatable bonds is 7. The van der Waals surface area contributed by atoms with Gasteiger partial charge < -0.3 is 5.32 Å². The van der Waals surface area contributed by atoms with Crippen LogP contribution in [0.4, 0.5) is 0 Å². The second-order valence-corrected chi connectivity index (χ2v) is 7.39. The van der Waals surface area contributed by atoms with Crippen molar-refractivity contribution in [3.05, 3.63) is 107 Å². The van der Waals surface area contributed by atoms with Crippen LogP contribution in [-0.2, 0) is 19.6 Å². The lowest BCUT2D eigenvalue weighted by molar-refractivity contribution is 0.0950. The van der Waals surface area contributed by atoms with Gasteiger partial charge in [-0.3, -0.25) is 14.2 Å². The Balaban J connectivity index is 1.39. The van der Waals surface area contributed by atoms with Gasteiger partial charge in [0.1, 0.15) is 0 Å². The molecule has 30 heavy (non-hydrogen) atoms. The van der Waals surface area contributed by atoms with Gasteiger partial charge >= 0.3 is 0 Å². The molecule has 0 unspecified atom stereocenters. The zero-order chi connectivity index (χ0) is 20.9. The maximum Gasteiger partial charge on any atom is 0.254 e. The molecule has 2 heterocycles. The number of nitrogens with zero attached hydrogens (tertiary/aromatic N) is 4. The molecule has 2 aromatic heterocycles. The van der Waals surface area contributed by atoms with Crippen LogP contribution in [0.3, 0.4) is 0 Å². The first-order valence-electron chi connectivity index (χ1n) is 10.0. The molecule has 0 aliphatic heterocycles. The first-order chi connectivity index (χ1) is 14.6. The Morgan fingerprint density at radius 2 is 1.57 bits per heavy atom. The number of carbonyl (C=O) groups is 1. The number of nitrogens with one attached hydrogen (secondary N) is 1.